The van der Waals surface area contributed by atoms with E-state index in [-0.39, 0.29) is 6.42 Å². The maximum absolute atomic E-state index is 12.0. The van der Waals surface area contributed by atoms with Crippen molar-refractivity contribution >= 4 is 22.6 Å². The molecule has 0 radical (unpaired) electrons. The molecular formula is C15H28F3I. The predicted octanol–water partition coefficient (Wildman–Crippen LogP) is 7.05. The average molecular weight is 392 g/mol. The van der Waals surface area contributed by atoms with Crippen molar-refractivity contribution in [2.75, 3.05) is 0 Å². The highest BCUT2D eigenvalue weighted by molar-refractivity contribution is 14.1. The zero-order valence-corrected chi connectivity index (χ0v) is 14.2. The standard InChI is InChI=1S/C15H28F3I/c1-2-3-4-5-6-7-8-9-11-14(19)12-10-13-15(16,17)18/h14H,2-13H2,1H3. The highest BCUT2D eigenvalue weighted by Gasteiger charge is 2.26. The third kappa shape index (κ3) is 16.5. The van der Waals surface area contributed by atoms with E-state index < -0.39 is 12.6 Å². The third-order valence-corrected chi connectivity index (χ3v) is 4.59. The van der Waals surface area contributed by atoms with Crippen LogP contribution in [0.25, 0.3) is 0 Å². The maximum atomic E-state index is 12.0. The van der Waals surface area contributed by atoms with E-state index in [4.69, 9.17) is 0 Å². The molecule has 19 heavy (non-hydrogen) atoms. The number of halogens is 4. The van der Waals surface area contributed by atoms with Crippen molar-refractivity contribution in [3.8, 4) is 0 Å². The van der Waals surface area contributed by atoms with Crippen LogP contribution in [0.1, 0.15) is 84.0 Å². The summed E-state index contributed by atoms with van der Waals surface area (Å²) in [7, 11) is 0. The molecule has 0 nitrogen and oxygen atoms in total. The highest BCUT2D eigenvalue weighted by atomic mass is 127. The lowest BCUT2D eigenvalue weighted by Crippen LogP contribution is -2.08. The van der Waals surface area contributed by atoms with Crippen LogP contribution in [-0.2, 0) is 0 Å². The van der Waals surface area contributed by atoms with Gasteiger partial charge in [0.25, 0.3) is 0 Å². The molecule has 4 heteroatoms. The summed E-state index contributed by atoms with van der Waals surface area (Å²) in [5, 5.41) is 0. The van der Waals surface area contributed by atoms with Gasteiger partial charge in [0, 0.05) is 10.3 Å². The lowest BCUT2D eigenvalue weighted by atomic mass is 10.0. The van der Waals surface area contributed by atoms with Gasteiger partial charge in [0.1, 0.15) is 0 Å². The van der Waals surface area contributed by atoms with Gasteiger partial charge >= 0.3 is 6.18 Å². The van der Waals surface area contributed by atoms with Crippen molar-refractivity contribution < 1.29 is 13.2 Å². The summed E-state index contributed by atoms with van der Waals surface area (Å²) in [6, 6.07) is 0. The van der Waals surface area contributed by atoms with Crippen LogP contribution in [0.2, 0.25) is 0 Å². The Morgan fingerprint density at radius 2 is 1.26 bits per heavy atom. The Bertz CT molecular complexity index is 192. The summed E-state index contributed by atoms with van der Waals surface area (Å²) in [4.78, 5) is 0. The molecule has 0 fully saturated rings. The molecule has 116 valence electrons. The molecule has 1 atom stereocenters. The molecular weight excluding hydrogens is 364 g/mol. The fourth-order valence-corrected chi connectivity index (χ4v) is 3.05. The number of hydrogen-bond acceptors (Lipinski definition) is 0. The topological polar surface area (TPSA) is 0 Å². The Hall–Kier alpha value is 0.520. The summed E-state index contributed by atoms with van der Waals surface area (Å²) in [6.45, 7) is 2.22. The maximum Gasteiger partial charge on any atom is 0.389 e. The smallest absolute Gasteiger partial charge is 0.171 e. The minimum atomic E-state index is -3.98. The normalized spacial score (nSPS) is 13.7. The Kier molecular flexibility index (Phi) is 12.6. The van der Waals surface area contributed by atoms with E-state index in [0.717, 1.165) is 6.42 Å². The van der Waals surface area contributed by atoms with Crippen molar-refractivity contribution in [1.82, 2.24) is 0 Å². The minimum Gasteiger partial charge on any atom is -0.171 e. The number of alkyl halides is 4. The molecule has 0 saturated heterocycles. The first-order valence-corrected chi connectivity index (χ1v) is 8.91. The van der Waals surface area contributed by atoms with Gasteiger partial charge in [-0.15, -0.1) is 0 Å². The van der Waals surface area contributed by atoms with E-state index in [9.17, 15) is 13.2 Å². The van der Waals surface area contributed by atoms with Crippen LogP contribution in [0.4, 0.5) is 13.2 Å². The largest absolute Gasteiger partial charge is 0.389 e. The molecule has 0 bridgehead atoms. The second-order valence-electron chi connectivity index (χ2n) is 5.37. The van der Waals surface area contributed by atoms with E-state index in [1.165, 1.54) is 51.4 Å². The second kappa shape index (κ2) is 12.3. The number of unbranched alkanes of at least 4 members (excludes halogenated alkanes) is 7. The predicted molar refractivity (Wildman–Crippen MR) is 84.9 cm³/mol. The number of hydrogen-bond donors (Lipinski definition) is 0. The van der Waals surface area contributed by atoms with Gasteiger partial charge in [-0.1, -0.05) is 80.9 Å². The molecule has 0 saturated carbocycles. The monoisotopic (exact) mass is 392 g/mol. The van der Waals surface area contributed by atoms with E-state index in [1.807, 2.05) is 0 Å². The van der Waals surface area contributed by atoms with Crippen LogP contribution in [0.3, 0.4) is 0 Å². The molecule has 0 heterocycles. The van der Waals surface area contributed by atoms with Gasteiger partial charge in [-0.05, 0) is 19.3 Å². The Labute approximate surface area is 130 Å². The molecule has 0 aromatic rings. The summed E-state index contributed by atoms with van der Waals surface area (Å²) >= 11 is 2.31. The van der Waals surface area contributed by atoms with Crippen molar-refractivity contribution in [2.24, 2.45) is 0 Å². The van der Waals surface area contributed by atoms with Crippen LogP contribution >= 0.6 is 22.6 Å². The average Bonchev–Trinajstić information content (AvgIpc) is 2.31. The van der Waals surface area contributed by atoms with Crippen molar-refractivity contribution in [3.63, 3.8) is 0 Å². The van der Waals surface area contributed by atoms with E-state index in [0.29, 0.717) is 10.3 Å². The fourth-order valence-electron chi connectivity index (χ4n) is 2.17. The minimum absolute atomic E-state index is 0.286. The first-order chi connectivity index (χ1) is 8.95. The van der Waals surface area contributed by atoms with Crippen LogP contribution in [-0.4, -0.2) is 10.1 Å². The summed E-state index contributed by atoms with van der Waals surface area (Å²) < 4.78 is 36.4. The highest BCUT2D eigenvalue weighted by Crippen LogP contribution is 2.25. The SMILES string of the molecule is CCCCCCCCCCC(I)CCCC(F)(F)F. The molecule has 0 amide bonds. The quantitative estimate of drug-likeness (QED) is 0.190. The molecule has 0 aromatic carbocycles. The molecule has 0 aliphatic carbocycles. The van der Waals surface area contributed by atoms with Gasteiger partial charge in [0.15, 0.2) is 0 Å². The van der Waals surface area contributed by atoms with E-state index in [1.54, 1.807) is 0 Å². The second-order valence-corrected chi connectivity index (χ2v) is 7.13. The molecule has 0 rings (SSSR count). The van der Waals surface area contributed by atoms with Gasteiger partial charge in [-0.3, -0.25) is 0 Å². The zero-order chi connectivity index (χ0) is 14.6. The van der Waals surface area contributed by atoms with Crippen molar-refractivity contribution in [3.05, 3.63) is 0 Å². The first-order valence-electron chi connectivity index (χ1n) is 7.66. The fraction of sp³-hybridized carbons (Fsp3) is 1.00. The third-order valence-electron chi connectivity index (χ3n) is 3.35. The first kappa shape index (κ1) is 19.5. The van der Waals surface area contributed by atoms with Gasteiger partial charge in [-0.25, -0.2) is 0 Å². The summed E-state index contributed by atoms with van der Waals surface area (Å²) in [6.07, 6.45) is 7.81. The zero-order valence-electron chi connectivity index (χ0n) is 12.1. The van der Waals surface area contributed by atoms with Crippen molar-refractivity contribution in [1.29, 1.82) is 0 Å². The Balaban J connectivity index is 3.23. The van der Waals surface area contributed by atoms with Gasteiger partial charge < -0.3 is 0 Å². The molecule has 0 N–H and O–H groups in total. The van der Waals surface area contributed by atoms with Crippen LogP contribution in [0.5, 0.6) is 0 Å². The summed E-state index contributed by atoms with van der Waals surface area (Å²) in [5.41, 5.74) is 0. The van der Waals surface area contributed by atoms with E-state index >= 15 is 0 Å². The van der Waals surface area contributed by atoms with E-state index in [2.05, 4.69) is 29.5 Å². The number of rotatable bonds is 12. The Morgan fingerprint density at radius 3 is 1.79 bits per heavy atom. The Morgan fingerprint density at radius 1 is 0.789 bits per heavy atom. The lowest BCUT2D eigenvalue weighted by molar-refractivity contribution is -0.135. The van der Waals surface area contributed by atoms with Crippen LogP contribution in [0.15, 0.2) is 0 Å². The lowest BCUT2D eigenvalue weighted by Gasteiger charge is -2.10. The summed E-state index contributed by atoms with van der Waals surface area (Å²) in [5.74, 6) is 0. The molecule has 0 aliphatic rings. The molecule has 0 aromatic heterocycles. The van der Waals surface area contributed by atoms with Gasteiger partial charge in [0.05, 0.1) is 0 Å². The van der Waals surface area contributed by atoms with Crippen molar-refractivity contribution in [2.45, 2.75) is 94.1 Å². The van der Waals surface area contributed by atoms with Crippen LogP contribution < -0.4 is 0 Å². The molecule has 0 aliphatic heterocycles. The van der Waals surface area contributed by atoms with Gasteiger partial charge in [-0.2, -0.15) is 13.2 Å². The molecule has 0 spiro atoms. The molecule has 1 unspecified atom stereocenters. The van der Waals surface area contributed by atoms with Crippen LogP contribution in [0, 0.1) is 0 Å². The van der Waals surface area contributed by atoms with Gasteiger partial charge in [0.2, 0.25) is 0 Å².